The molecular formula is C13H19N3OS2. The topological polar surface area (TPSA) is 49.2 Å². The zero-order chi connectivity index (χ0) is 14.0. The fraction of sp³-hybridized carbons (Fsp3) is 0.538. The van der Waals surface area contributed by atoms with Crippen LogP contribution in [0.25, 0.3) is 0 Å². The van der Waals surface area contributed by atoms with Crippen LogP contribution in [-0.4, -0.2) is 22.1 Å². The van der Waals surface area contributed by atoms with Gasteiger partial charge in [0.15, 0.2) is 5.13 Å². The Morgan fingerprint density at radius 1 is 1.37 bits per heavy atom. The average Bonchev–Trinajstić information content (AvgIpc) is 2.95. The van der Waals surface area contributed by atoms with Crippen LogP contribution in [0.1, 0.15) is 41.0 Å². The standard InChI is InChI=1S/C13H19N3OS2/c1-8(2)12-11(6-17)19-13(15-12)16(4)5-10-7-18-9(3)14-10/h7-8,17H,5-6H2,1-4H3. The number of aromatic nitrogens is 2. The average molecular weight is 297 g/mol. The first-order valence-electron chi connectivity index (χ1n) is 6.23. The highest BCUT2D eigenvalue weighted by Gasteiger charge is 2.16. The molecule has 1 N–H and O–H groups in total. The molecule has 19 heavy (non-hydrogen) atoms. The summed E-state index contributed by atoms with van der Waals surface area (Å²) in [5.41, 5.74) is 2.07. The van der Waals surface area contributed by atoms with Crippen molar-refractivity contribution in [2.75, 3.05) is 11.9 Å². The molecule has 0 amide bonds. The Kier molecular flexibility index (Phi) is 4.54. The molecule has 0 aliphatic rings. The van der Waals surface area contributed by atoms with Crippen molar-refractivity contribution >= 4 is 27.8 Å². The van der Waals surface area contributed by atoms with Crippen molar-refractivity contribution in [3.8, 4) is 0 Å². The van der Waals surface area contributed by atoms with E-state index in [0.717, 1.165) is 32.9 Å². The van der Waals surface area contributed by atoms with E-state index in [1.165, 1.54) is 0 Å². The first-order chi connectivity index (χ1) is 9.01. The Bertz CT molecular complexity index is 548. The predicted molar refractivity (Wildman–Crippen MR) is 81.1 cm³/mol. The lowest BCUT2D eigenvalue weighted by Gasteiger charge is -2.13. The van der Waals surface area contributed by atoms with Gasteiger partial charge in [0.25, 0.3) is 0 Å². The van der Waals surface area contributed by atoms with Crippen molar-refractivity contribution < 1.29 is 5.11 Å². The minimum Gasteiger partial charge on any atom is -0.391 e. The summed E-state index contributed by atoms with van der Waals surface area (Å²) in [6.45, 7) is 7.02. The van der Waals surface area contributed by atoms with Gasteiger partial charge in [-0.3, -0.25) is 0 Å². The van der Waals surface area contributed by atoms with Crippen molar-refractivity contribution in [3.63, 3.8) is 0 Å². The molecule has 0 radical (unpaired) electrons. The van der Waals surface area contributed by atoms with Crippen molar-refractivity contribution in [1.29, 1.82) is 0 Å². The number of aliphatic hydroxyl groups excluding tert-OH is 1. The Balaban J connectivity index is 2.17. The van der Waals surface area contributed by atoms with E-state index >= 15 is 0 Å². The summed E-state index contributed by atoms with van der Waals surface area (Å²) in [4.78, 5) is 12.2. The fourth-order valence-corrected chi connectivity index (χ4v) is 3.51. The molecule has 2 rings (SSSR count). The van der Waals surface area contributed by atoms with Crippen LogP contribution in [-0.2, 0) is 13.2 Å². The predicted octanol–water partition coefficient (Wildman–Crippen LogP) is 3.16. The molecule has 0 aliphatic carbocycles. The maximum Gasteiger partial charge on any atom is 0.185 e. The van der Waals surface area contributed by atoms with E-state index in [9.17, 15) is 5.11 Å². The van der Waals surface area contributed by atoms with Crippen LogP contribution >= 0.6 is 22.7 Å². The number of hydrogen-bond acceptors (Lipinski definition) is 6. The van der Waals surface area contributed by atoms with Gasteiger partial charge in [0.05, 0.1) is 34.4 Å². The van der Waals surface area contributed by atoms with Gasteiger partial charge in [0.2, 0.25) is 0 Å². The normalized spacial score (nSPS) is 11.3. The second kappa shape index (κ2) is 5.98. The molecule has 0 aromatic carbocycles. The number of rotatable bonds is 5. The molecule has 0 atom stereocenters. The highest BCUT2D eigenvalue weighted by molar-refractivity contribution is 7.15. The Hall–Kier alpha value is -0.980. The number of anilines is 1. The van der Waals surface area contributed by atoms with Gasteiger partial charge in [-0.2, -0.15) is 0 Å². The van der Waals surface area contributed by atoms with Gasteiger partial charge in [0, 0.05) is 12.4 Å². The number of thiazole rings is 2. The van der Waals surface area contributed by atoms with E-state index in [1.807, 2.05) is 14.0 Å². The van der Waals surface area contributed by atoms with Gasteiger partial charge in [-0.1, -0.05) is 25.2 Å². The molecule has 104 valence electrons. The molecule has 0 aliphatic heterocycles. The molecule has 0 fully saturated rings. The van der Waals surface area contributed by atoms with Crippen LogP contribution in [0.3, 0.4) is 0 Å². The molecule has 0 bridgehead atoms. The van der Waals surface area contributed by atoms with Crippen molar-refractivity contribution in [2.24, 2.45) is 0 Å². The van der Waals surface area contributed by atoms with Crippen molar-refractivity contribution in [1.82, 2.24) is 9.97 Å². The van der Waals surface area contributed by atoms with E-state index in [1.54, 1.807) is 22.7 Å². The van der Waals surface area contributed by atoms with Gasteiger partial charge in [-0.25, -0.2) is 9.97 Å². The second-order valence-electron chi connectivity index (χ2n) is 4.83. The number of aryl methyl sites for hydroxylation is 1. The molecule has 2 heterocycles. The smallest absolute Gasteiger partial charge is 0.185 e. The van der Waals surface area contributed by atoms with Gasteiger partial charge >= 0.3 is 0 Å². The molecule has 2 aromatic heterocycles. The van der Waals surface area contributed by atoms with Crippen molar-refractivity contribution in [3.05, 3.63) is 26.7 Å². The van der Waals surface area contributed by atoms with Crippen LogP contribution in [0, 0.1) is 6.92 Å². The van der Waals surface area contributed by atoms with E-state index < -0.39 is 0 Å². The summed E-state index contributed by atoms with van der Waals surface area (Å²) >= 11 is 3.23. The quantitative estimate of drug-likeness (QED) is 0.921. The molecule has 0 saturated carbocycles. The lowest BCUT2D eigenvalue weighted by molar-refractivity contribution is 0.283. The molecule has 0 spiro atoms. The Morgan fingerprint density at radius 2 is 2.11 bits per heavy atom. The van der Waals surface area contributed by atoms with Crippen LogP contribution in [0.2, 0.25) is 0 Å². The highest BCUT2D eigenvalue weighted by atomic mass is 32.1. The zero-order valence-electron chi connectivity index (χ0n) is 11.7. The van der Waals surface area contributed by atoms with Crippen molar-refractivity contribution in [2.45, 2.75) is 39.8 Å². The van der Waals surface area contributed by atoms with E-state index in [-0.39, 0.29) is 6.61 Å². The maximum absolute atomic E-state index is 9.40. The molecule has 2 aromatic rings. The van der Waals surface area contributed by atoms with Crippen LogP contribution in [0.15, 0.2) is 5.38 Å². The van der Waals surface area contributed by atoms with Crippen LogP contribution < -0.4 is 4.90 Å². The van der Waals surface area contributed by atoms with E-state index in [0.29, 0.717) is 5.92 Å². The third-order valence-corrected chi connectivity index (χ3v) is 4.79. The molecular weight excluding hydrogens is 278 g/mol. The first-order valence-corrected chi connectivity index (χ1v) is 7.93. The van der Waals surface area contributed by atoms with Crippen LogP contribution in [0.4, 0.5) is 5.13 Å². The summed E-state index contributed by atoms with van der Waals surface area (Å²) in [6.07, 6.45) is 0. The lowest BCUT2D eigenvalue weighted by atomic mass is 10.1. The number of aliphatic hydroxyl groups is 1. The summed E-state index contributed by atoms with van der Waals surface area (Å²) in [5.74, 6) is 0.335. The van der Waals surface area contributed by atoms with E-state index in [2.05, 4.69) is 34.1 Å². The molecule has 0 saturated heterocycles. The first kappa shape index (κ1) is 14.4. The lowest BCUT2D eigenvalue weighted by Crippen LogP contribution is -2.16. The third kappa shape index (κ3) is 3.32. The zero-order valence-corrected chi connectivity index (χ0v) is 13.3. The number of nitrogens with zero attached hydrogens (tertiary/aromatic N) is 3. The second-order valence-corrected chi connectivity index (χ2v) is 6.96. The van der Waals surface area contributed by atoms with E-state index in [4.69, 9.17) is 0 Å². The number of hydrogen-bond donors (Lipinski definition) is 1. The fourth-order valence-electron chi connectivity index (χ4n) is 1.87. The minimum atomic E-state index is 0.0643. The monoisotopic (exact) mass is 297 g/mol. The minimum absolute atomic E-state index is 0.0643. The summed E-state index contributed by atoms with van der Waals surface area (Å²) in [5, 5.41) is 13.5. The van der Waals surface area contributed by atoms with Gasteiger partial charge in [-0.05, 0) is 12.8 Å². The van der Waals surface area contributed by atoms with Gasteiger partial charge in [0.1, 0.15) is 0 Å². The molecule has 6 heteroatoms. The third-order valence-electron chi connectivity index (χ3n) is 2.80. The summed E-state index contributed by atoms with van der Waals surface area (Å²) in [7, 11) is 2.01. The molecule has 0 unspecified atom stereocenters. The van der Waals surface area contributed by atoms with Gasteiger partial charge in [-0.15, -0.1) is 11.3 Å². The maximum atomic E-state index is 9.40. The Morgan fingerprint density at radius 3 is 2.58 bits per heavy atom. The SMILES string of the molecule is Cc1nc(CN(C)c2nc(C(C)C)c(CO)s2)cs1. The molecule has 4 nitrogen and oxygen atoms in total. The largest absolute Gasteiger partial charge is 0.391 e. The summed E-state index contributed by atoms with van der Waals surface area (Å²) in [6, 6.07) is 0. The van der Waals surface area contributed by atoms with Gasteiger partial charge < -0.3 is 10.0 Å². The Labute approximate surface area is 121 Å². The van der Waals surface area contributed by atoms with Crippen LogP contribution in [0.5, 0.6) is 0 Å². The summed E-state index contributed by atoms with van der Waals surface area (Å²) < 4.78 is 0. The highest BCUT2D eigenvalue weighted by Crippen LogP contribution is 2.30.